The topological polar surface area (TPSA) is 49.4 Å². The maximum atomic E-state index is 12.5. The van der Waals surface area contributed by atoms with E-state index in [0.29, 0.717) is 6.42 Å². The van der Waals surface area contributed by atoms with Crippen molar-refractivity contribution < 1.29 is 9.59 Å². The van der Waals surface area contributed by atoms with Crippen LogP contribution in [0.2, 0.25) is 0 Å². The van der Waals surface area contributed by atoms with Crippen LogP contribution in [0.4, 0.5) is 5.69 Å². The Bertz CT molecular complexity index is 746. The minimum absolute atomic E-state index is 0.0400. The molecule has 1 aliphatic rings. The second-order valence-corrected chi connectivity index (χ2v) is 6.38. The number of amides is 2. The van der Waals surface area contributed by atoms with Gasteiger partial charge in [0.15, 0.2) is 0 Å². The highest BCUT2D eigenvalue weighted by atomic mass is 79.9. The number of carbonyl (C=O) groups is 2. The zero-order valence-corrected chi connectivity index (χ0v) is 14.3. The molecule has 23 heavy (non-hydrogen) atoms. The fraction of sp³-hybridized carbons (Fsp3) is 0.222. The highest BCUT2D eigenvalue weighted by molar-refractivity contribution is 9.10. The Morgan fingerprint density at radius 2 is 2.00 bits per heavy atom. The van der Waals surface area contributed by atoms with Crippen molar-refractivity contribution in [2.45, 2.75) is 19.4 Å². The van der Waals surface area contributed by atoms with E-state index in [1.54, 1.807) is 4.90 Å². The van der Waals surface area contributed by atoms with E-state index in [0.717, 1.165) is 21.3 Å². The van der Waals surface area contributed by atoms with Crippen molar-refractivity contribution in [3.8, 4) is 0 Å². The van der Waals surface area contributed by atoms with Crippen LogP contribution in [0.25, 0.3) is 0 Å². The molecule has 2 aromatic carbocycles. The SMILES string of the molecule is CCC(=O)N1CC(=O)Nc2ccc(Br)cc2[C@@H]1c1ccccc1. The molecule has 4 nitrogen and oxygen atoms in total. The van der Waals surface area contributed by atoms with Gasteiger partial charge in [0.25, 0.3) is 0 Å². The number of hydrogen-bond donors (Lipinski definition) is 1. The molecule has 0 saturated carbocycles. The number of fused-ring (bicyclic) bond motifs is 1. The van der Waals surface area contributed by atoms with Gasteiger partial charge in [-0.3, -0.25) is 9.59 Å². The maximum absolute atomic E-state index is 12.5. The predicted octanol–water partition coefficient (Wildman–Crippen LogP) is 3.73. The van der Waals surface area contributed by atoms with Gasteiger partial charge in [-0.25, -0.2) is 0 Å². The number of nitrogens with zero attached hydrogens (tertiary/aromatic N) is 1. The Labute approximate surface area is 143 Å². The molecule has 1 atom stereocenters. The second-order valence-electron chi connectivity index (χ2n) is 5.47. The van der Waals surface area contributed by atoms with Gasteiger partial charge in [0.05, 0.1) is 6.04 Å². The number of nitrogens with one attached hydrogen (secondary N) is 1. The quantitative estimate of drug-likeness (QED) is 0.872. The summed E-state index contributed by atoms with van der Waals surface area (Å²) in [6.07, 6.45) is 0.361. The lowest BCUT2D eigenvalue weighted by atomic mass is 9.95. The number of benzene rings is 2. The summed E-state index contributed by atoms with van der Waals surface area (Å²) in [6.45, 7) is 1.87. The summed E-state index contributed by atoms with van der Waals surface area (Å²) < 4.78 is 0.914. The predicted molar refractivity (Wildman–Crippen MR) is 93.1 cm³/mol. The Kier molecular flexibility index (Phi) is 4.48. The lowest BCUT2D eigenvalue weighted by Crippen LogP contribution is -2.38. The van der Waals surface area contributed by atoms with Crippen molar-refractivity contribution in [1.29, 1.82) is 0 Å². The molecule has 2 amide bonds. The minimum atomic E-state index is -0.282. The van der Waals surface area contributed by atoms with Crippen molar-refractivity contribution in [1.82, 2.24) is 4.90 Å². The van der Waals surface area contributed by atoms with Gasteiger partial charge in [-0.15, -0.1) is 0 Å². The van der Waals surface area contributed by atoms with Crippen LogP contribution < -0.4 is 5.32 Å². The van der Waals surface area contributed by atoms with E-state index in [1.807, 2.05) is 55.5 Å². The lowest BCUT2D eigenvalue weighted by molar-refractivity contribution is -0.135. The van der Waals surface area contributed by atoms with Gasteiger partial charge in [-0.1, -0.05) is 53.2 Å². The van der Waals surface area contributed by atoms with Gasteiger partial charge in [-0.05, 0) is 23.8 Å². The molecular weight excluding hydrogens is 356 g/mol. The molecule has 1 N–H and O–H groups in total. The summed E-state index contributed by atoms with van der Waals surface area (Å²) >= 11 is 3.49. The van der Waals surface area contributed by atoms with Gasteiger partial charge in [0, 0.05) is 22.1 Å². The Hall–Kier alpha value is -2.14. The zero-order chi connectivity index (χ0) is 16.4. The Morgan fingerprint density at radius 3 is 2.70 bits per heavy atom. The van der Waals surface area contributed by atoms with Crippen LogP contribution in [0, 0.1) is 0 Å². The van der Waals surface area contributed by atoms with E-state index >= 15 is 0 Å². The molecule has 0 aromatic heterocycles. The number of hydrogen-bond acceptors (Lipinski definition) is 2. The highest BCUT2D eigenvalue weighted by Crippen LogP contribution is 2.37. The number of carbonyl (C=O) groups excluding carboxylic acids is 2. The van der Waals surface area contributed by atoms with E-state index in [-0.39, 0.29) is 24.4 Å². The van der Waals surface area contributed by atoms with E-state index in [9.17, 15) is 9.59 Å². The number of rotatable bonds is 2. The van der Waals surface area contributed by atoms with Crippen LogP contribution in [0.1, 0.15) is 30.5 Å². The standard InChI is InChI=1S/C18H17BrN2O2/c1-2-17(23)21-11-16(22)20-15-9-8-13(19)10-14(15)18(21)12-6-4-3-5-7-12/h3-10,18H,2,11H2,1H3,(H,20,22)/t18-/m0/s1. The molecule has 1 aliphatic heterocycles. The molecule has 3 rings (SSSR count). The molecule has 2 aromatic rings. The summed E-state index contributed by atoms with van der Waals surface area (Å²) in [5.41, 5.74) is 2.65. The third-order valence-electron chi connectivity index (χ3n) is 3.95. The van der Waals surface area contributed by atoms with E-state index in [1.165, 1.54) is 0 Å². The third kappa shape index (κ3) is 3.15. The first-order chi connectivity index (χ1) is 11.1. The van der Waals surface area contributed by atoms with Crippen molar-refractivity contribution >= 4 is 33.4 Å². The van der Waals surface area contributed by atoms with E-state index < -0.39 is 0 Å². The molecule has 1 heterocycles. The molecular formula is C18H17BrN2O2. The molecule has 0 aliphatic carbocycles. The molecule has 0 unspecified atom stereocenters. The van der Waals surface area contributed by atoms with Crippen LogP contribution in [-0.4, -0.2) is 23.3 Å². The minimum Gasteiger partial charge on any atom is -0.324 e. The summed E-state index contributed by atoms with van der Waals surface area (Å²) in [5.74, 6) is -0.212. The summed E-state index contributed by atoms with van der Waals surface area (Å²) in [5, 5.41) is 2.90. The lowest BCUT2D eigenvalue weighted by Gasteiger charge is -2.30. The normalized spacial score (nSPS) is 17.2. The van der Waals surface area contributed by atoms with Crippen molar-refractivity contribution in [2.75, 3.05) is 11.9 Å². The van der Waals surface area contributed by atoms with Crippen LogP contribution in [-0.2, 0) is 9.59 Å². The fourth-order valence-corrected chi connectivity index (χ4v) is 3.29. The van der Waals surface area contributed by atoms with Crippen LogP contribution in [0.15, 0.2) is 53.0 Å². The Morgan fingerprint density at radius 1 is 1.26 bits per heavy atom. The van der Waals surface area contributed by atoms with Gasteiger partial charge in [0.1, 0.15) is 6.54 Å². The summed E-state index contributed by atoms with van der Waals surface area (Å²) in [4.78, 5) is 26.4. The van der Waals surface area contributed by atoms with Crippen LogP contribution in [0.3, 0.4) is 0 Å². The van der Waals surface area contributed by atoms with Crippen molar-refractivity contribution in [3.63, 3.8) is 0 Å². The van der Waals surface area contributed by atoms with E-state index in [2.05, 4.69) is 21.2 Å². The highest BCUT2D eigenvalue weighted by Gasteiger charge is 2.32. The van der Waals surface area contributed by atoms with Crippen molar-refractivity contribution in [2.24, 2.45) is 0 Å². The average Bonchev–Trinajstić information content (AvgIpc) is 2.70. The first kappa shape index (κ1) is 15.7. The third-order valence-corrected chi connectivity index (χ3v) is 4.44. The maximum Gasteiger partial charge on any atom is 0.244 e. The molecule has 0 bridgehead atoms. The zero-order valence-electron chi connectivity index (χ0n) is 12.8. The fourth-order valence-electron chi connectivity index (χ4n) is 2.91. The largest absolute Gasteiger partial charge is 0.324 e. The van der Waals surface area contributed by atoms with Gasteiger partial charge in [0.2, 0.25) is 11.8 Å². The monoisotopic (exact) mass is 372 g/mol. The van der Waals surface area contributed by atoms with Crippen LogP contribution >= 0.6 is 15.9 Å². The number of anilines is 1. The van der Waals surface area contributed by atoms with Gasteiger partial charge in [-0.2, -0.15) is 0 Å². The van der Waals surface area contributed by atoms with E-state index in [4.69, 9.17) is 0 Å². The molecule has 0 saturated heterocycles. The van der Waals surface area contributed by atoms with Crippen LogP contribution in [0.5, 0.6) is 0 Å². The van der Waals surface area contributed by atoms with Gasteiger partial charge < -0.3 is 10.2 Å². The first-order valence-corrected chi connectivity index (χ1v) is 8.33. The van der Waals surface area contributed by atoms with Crippen molar-refractivity contribution in [3.05, 3.63) is 64.1 Å². The summed E-state index contributed by atoms with van der Waals surface area (Å²) in [6, 6.07) is 15.2. The average molecular weight is 373 g/mol. The molecule has 118 valence electrons. The molecule has 0 radical (unpaired) electrons. The smallest absolute Gasteiger partial charge is 0.244 e. The summed E-state index contributed by atoms with van der Waals surface area (Å²) in [7, 11) is 0. The second kappa shape index (κ2) is 6.54. The van der Waals surface area contributed by atoms with Gasteiger partial charge >= 0.3 is 0 Å². The molecule has 0 spiro atoms. The molecule has 0 fully saturated rings. The first-order valence-electron chi connectivity index (χ1n) is 7.54. The Balaban J connectivity index is 2.21. The number of halogens is 1. The molecule has 5 heteroatoms.